The van der Waals surface area contributed by atoms with Crippen LogP contribution in [0.4, 0.5) is 0 Å². The Hall–Kier alpha value is -2.40. The lowest BCUT2D eigenvalue weighted by Crippen LogP contribution is -2.55. The maximum atomic E-state index is 12.7. The number of nitrogens with two attached hydrogens (primary N) is 4. The minimum absolute atomic E-state index is 0.0697. The van der Waals surface area contributed by atoms with E-state index in [0.717, 1.165) is 6.42 Å². The van der Waals surface area contributed by atoms with E-state index in [0.29, 0.717) is 32.2 Å². The van der Waals surface area contributed by atoms with E-state index in [-0.39, 0.29) is 24.8 Å². The number of unbranched alkanes of at least 4 members (excludes halogenated alkanes) is 1. The summed E-state index contributed by atoms with van der Waals surface area (Å²) in [5, 5.41) is 14.5. The normalized spacial score (nSPS) is 14.9. The number of aliphatic carboxylic acids is 1. The molecule has 0 aliphatic carbocycles. The molecule has 2 amide bonds. The molecule has 0 bridgehead atoms. The topological polar surface area (TPSA) is 212 Å². The highest BCUT2D eigenvalue weighted by molar-refractivity contribution is 5.91. The first-order valence-electron chi connectivity index (χ1n) is 9.98. The Morgan fingerprint density at radius 1 is 1.03 bits per heavy atom. The summed E-state index contributed by atoms with van der Waals surface area (Å²) >= 11 is 0. The molecule has 0 heterocycles. The Morgan fingerprint density at radius 2 is 1.69 bits per heavy atom. The standard InChI is InChI=1S/C18H37N7O4/c1-3-11(2)14(17(28)29)25-16(27)13(8-6-10-23-18(21)22)24-15(26)12(20)7-4-5-9-19/h11-14H,3-10,19-20H2,1-2H3,(H,24,26)(H,25,27)(H,28,29)(H4,21,22,23)/t11-,12-,13-,14-/m0/s1. The van der Waals surface area contributed by atoms with E-state index in [2.05, 4.69) is 15.6 Å². The van der Waals surface area contributed by atoms with Crippen LogP contribution in [0.15, 0.2) is 4.99 Å². The van der Waals surface area contributed by atoms with Gasteiger partial charge in [-0.15, -0.1) is 0 Å². The molecule has 4 atom stereocenters. The number of carbonyl (C=O) groups excluding carboxylic acids is 2. The number of nitrogens with one attached hydrogen (secondary N) is 2. The van der Waals surface area contributed by atoms with Crippen molar-refractivity contribution in [2.24, 2.45) is 33.8 Å². The van der Waals surface area contributed by atoms with Crippen molar-refractivity contribution in [2.45, 2.75) is 70.5 Å². The maximum absolute atomic E-state index is 12.7. The number of rotatable bonds is 15. The Kier molecular flexibility index (Phi) is 13.4. The van der Waals surface area contributed by atoms with E-state index in [1.165, 1.54) is 0 Å². The van der Waals surface area contributed by atoms with Crippen molar-refractivity contribution in [3.8, 4) is 0 Å². The second-order valence-corrected chi connectivity index (χ2v) is 7.11. The van der Waals surface area contributed by atoms with Crippen LogP contribution in [0.2, 0.25) is 0 Å². The average Bonchev–Trinajstić information content (AvgIpc) is 2.66. The predicted octanol–water partition coefficient (Wildman–Crippen LogP) is -1.40. The zero-order valence-electron chi connectivity index (χ0n) is 17.4. The van der Waals surface area contributed by atoms with Crippen LogP contribution in [0.1, 0.15) is 52.4 Å². The number of nitrogens with zero attached hydrogens (tertiary/aromatic N) is 1. The summed E-state index contributed by atoms with van der Waals surface area (Å²) in [6.07, 6.45) is 3.11. The van der Waals surface area contributed by atoms with Crippen molar-refractivity contribution >= 4 is 23.7 Å². The predicted molar refractivity (Wildman–Crippen MR) is 112 cm³/mol. The van der Waals surface area contributed by atoms with Crippen molar-refractivity contribution in [3.63, 3.8) is 0 Å². The van der Waals surface area contributed by atoms with Crippen molar-refractivity contribution in [2.75, 3.05) is 13.1 Å². The molecule has 0 aromatic heterocycles. The summed E-state index contributed by atoms with van der Waals surface area (Å²) in [6.45, 7) is 4.36. The van der Waals surface area contributed by atoms with Crippen LogP contribution in [-0.4, -0.2) is 60.1 Å². The van der Waals surface area contributed by atoms with E-state index >= 15 is 0 Å². The fourth-order valence-electron chi connectivity index (χ4n) is 2.63. The van der Waals surface area contributed by atoms with E-state index < -0.39 is 35.9 Å². The minimum Gasteiger partial charge on any atom is -0.480 e. The minimum atomic E-state index is -1.13. The molecule has 0 aliphatic heterocycles. The third-order valence-corrected chi connectivity index (χ3v) is 4.66. The van der Waals surface area contributed by atoms with Crippen LogP contribution in [0, 0.1) is 5.92 Å². The van der Waals surface area contributed by atoms with Crippen LogP contribution < -0.4 is 33.6 Å². The number of guanidine groups is 1. The summed E-state index contributed by atoms with van der Waals surface area (Å²) in [4.78, 5) is 40.4. The second-order valence-electron chi connectivity index (χ2n) is 7.11. The van der Waals surface area contributed by atoms with Crippen LogP contribution in [0.3, 0.4) is 0 Å². The van der Waals surface area contributed by atoms with Gasteiger partial charge in [-0.25, -0.2) is 4.79 Å². The van der Waals surface area contributed by atoms with Gasteiger partial charge in [0.15, 0.2) is 5.96 Å². The van der Waals surface area contributed by atoms with Gasteiger partial charge in [-0.1, -0.05) is 26.7 Å². The van der Waals surface area contributed by atoms with Crippen molar-refractivity contribution in [3.05, 3.63) is 0 Å². The van der Waals surface area contributed by atoms with Gasteiger partial charge in [-0.3, -0.25) is 14.6 Å². The number of carboxylic acid groups (broad SMARTS) is 1. The van der Waals surface area contributed by atoms with E-state index in [1.807, 2.05) is 6.92 Å². The fourth-order valence-corrected chi connectivity index (χ4v) is 2.63. The summed E-state index contributed by atoms with van der Waals surface area (Å²) in [5.74, 6) is -2.52. The number of hydrogen-bond acceptors (Lipinski definition) is 6. The smallest absolute Gasteiger partial charge is 0.326 e. The molecule has 11 heteroatoms. The van der Waals surface area contributed by atoms with Gasteiger partial charge in [0.25, 0.3) is 0 Å². The summed E-state index contributed by atoms with van der Waals surface area (Å²) < 4.78 is 0. The van der Waals surface area contributed by atoms with Gasteiger partial charge in [0.1, 0.15) is 12.1 Å². The van der Waals surface area contributed by atoms with Gasteiger partial charge >= 0.3 is 5.97 Å². The number of hydrogen-bond donors (Lipinski definition) is 7. The van der Waals surface area contributed by atoms with E-state index in [9.17, 15) is 19.5 Å². The zero-order chi connectivity index (χ0) is 22.4. The number of carbonyl (C=O) groups is 3. The van der Waals surface area contributed by atoms with Crippen LogP contribution in [-0.2, 0) is 14.4 Å². The summed E-state index contributed by atoms with van der Waals surface area (Å²) in [6, 6.07) is -2.77. The van der Waals surface area contributed by atoms with E-state index in [4.69, 9.17) is 22.9 Å². The molecule has 0 saturated carbocycles. The van der Waals surface area contributed by atoms with Crippen LogP contribution >= 0.6 is 0 Å². The molecule has 168 valence electrons. The van der Waals surface area contributed by atoms with Gasteiger partial charge in [-0.2, -0.15) is 0 Å². The molecule has 11 N–H and O–H groups in total. The molecular weight excluding hydrogens is 378 g/mol. The van der Waals surface area contributed by atoms with Gasteiger partial charge < -0.3 is 38.7 Å². The molecule has 0 radical (unpaired) electrons. The number of carboxylic acids is 1. The Bertz CT molecular complexity index is 552. The first kappa shape index (κ1) is 26.6. The molecule has 0 fully saturated rings. The molecule has 0 aromatic carbocycles. The van der Waals surface area contributed by atoms with Gasteiger partial charge in [0.05, 0.1) is 6.04 Å². The lowest BCUT2D eigenvalue weighted by Gasteiger charge is -2.25. The van der Waals surface area contributed by atoms with Gasteiger partial charge in [0.2, 0.25) is 11.8 Å². The van der Waals surface area contributed by atoms with Crippen molar-refractivity contribution in [1.82, 2.24) is 10.6 Å². The second kappa shape index (κ2) is 14.6. The number of aliphatic imine (C=N–C) groups is 1. The fraction of sp³-hybridized carbons (Fsp3) is 0.778. The Morgan fingerprint density at radius 3 is 2.21 bits per heavy atom. The molecule has 0 aromatic rings. The van der Waals surface area contributed by atoms with Crippen molar-refractivity contribution in [1.29, 1.82) is 0 Å². The molecule has 0 spiro atoms. The molecule has 0 rings (SSSR count). The highest BCUT2D eigenvalue weighted by atomic mass is 16.4. The summed E-state index contributed by atoms with van der Waals surface area (Å²) in [7, 11) is 0. The molecule has 0 aliphatic rings. The largest absolute Gasteiger partial charge is 0.480 e. The first-order chi connectivity index (χ1) is 13.6. The highest BCUT2D eigenvalue weighted by Crippen LogP contribution is 2.09. The maximum Gasteiger partial charge on any atom is 0.326 e. The zero-order valence-corrected chi connectivity index (χ0v) is 17.4. The van der Waals surface area contributed by atoms with Gasteiger partial charge in [-0.05, 0) is 38.1 Å². The third kappa shape index (κ3) is 11.3. The molecule has 29 heavy (non-hydrogen) atoms. The van der Waals surface area contributed by atoms with Crippen molar-refractivity contribution < 1.29 is 19.5 Å². The van der Waals surface area contributed by atoms with Gasteiger partial charge in [0, 0.05) is 6.54 Å². The average molecular weight is 416 g/mol. The van der Waals surface area contributed by atoms with Crippen LogP contribution in [0.25, 0.3) is 0 Å². The Balaban J connectivity index is 5.10. The highest BCUT2D eigenvalue weighted by Gasteiger charge is 2.30. The molecule has 0 unspecified atom stereocenters. The molecular formula is C18H37N7O4. The quantitative estimate of drug-likeness (QED) is 0.0956. The monoisotopic (exact) mass is 415 g/mol. The third-order valence-electron chi connectivity index (χ3n) is 4.66. The summed E-state index contributed by atoms with van der Waals surface area (Å²) in [5.41, 5.74) is 21.9. The molecule has 0 saturated heterocycles. The van der Waals surface area contributed by atoms with E-state index in [1.54, 1.807) is 6.92 Å². The Labute approximate surface area is 172 Å². The number of amides is 2. The van der Waals surface area contributed by atoms with Crippen LogP contribution in [0.5, 0.6) is 0 Å². The first-order valence-corrected chi connectivity index (χ1v) is 9.98. The lowest BCUT2D eigenvalue weighted by atomic mass is 9.98. The SMILES string of the molecule is CC[C@H](C)[C@H](NC(=O)[C@H](CCCN=C(N)N)NC(=O)[C@@H](N)CCCCN)C(=O)O. The molecule has 11 nitrogen and oxygen atoms in total. The lowest BCUT2D eigenvalue weighted by molar-refractivity contribution is -0.143.